The Morgan fingerprint density at radius 2 is 2.00 bits per heavy atom. The van der Waals surface area contributed by atoms with E-state index in [-0.39, 0.29) is 0 Å². The molecule has 0 saturated heterocycles. The van der Waals surface area contributed by atoms with Gasteiger partial charge in [-0.1, -0.05) is 22.0 Å². The third kappa shape index (κ3) is 3.76. The fourth-order valence-corrected chi connectivity index (χ4v) is 3.01. The maximum atomic E-state index is 3.65. The molecule has 0 heterocycles. The van der Waals surface area contributed by atoms with Crippen LogP contribution in [-0.4, -0.2) is 18.6 Å². The Balaban J connectivity index is 1.80. The van der Waals surface area contributed by atoms with Crippen LogP contribution in [0.15, 0.2) is 22.7 Å². The van der Waals surface area contributed by atoms with E-state index in [1.165, 1.54) is 48.0 Å². The van der Waals surface area contributed by atoms with Gasteiger partial charge in [0.1, 0.15) is 0 Å². The molecule has 0 atom stereocenters. The Morgan fingerprint density at radius 3 is 2.60 bits per heavy atom. The van der Waals surface area contributed by atoms with E-state index in [0.717, 1.165) is 18.5 Å². The average Bonchev–Trinajstić information content (AvgIpc) is 3.28. The first-order chi connectivity index (χ1) is 9.63. The zero-order valence-corrected chi connectivity index (χ0v) is 14.1. The van der Waals surface area contributed by atoms with Crippen LogP contribution in [0.5, 0.6) is 0 Å². The van der Waals surface area contributed by atoms with Gasteiger partial charge in [-0.25, -0.2) is 0 Å². The summed E-state index contributed by atoms with van der Waals surface area (Å²) < 4.78 is 1.18. The van der Waals surface area contributed by atoms with E-state index in [0.29, 0.717) is 6.04 Å². The second kappa shape index (κ2) is 6.07. The van der Waals surface area contributed by atoms with Crippen molar-refractivity contribution in [1.82, 2.24) is 5.32 Å². The lowest BCUT2D eigenvalue weighted by Crippen LogP contribution is -2.34. The first-order valence-electron chi connectivity index (χ1n) is 7.92. The molecule has 2 saturated carbocycles. The molecular formula is C17H25BrN2. The first kappa shape index (κ1) is 14.4. The molecular weight excluding hydrogens is 312 g/mol. The Bertz CT molecular complexity index is 464. The van der Waals surface area contributed by atoms with Gasteiger partial charge in [-0.15, -0.1) is 0 Å². The minimum absolute atomic E-state index is 0.560. The van der Waals surface area contributed by atoms with Crippen molar-refractivity contribution in [1.29, 1.82) is 0 Å². The summed E-state index contributed by atoms with van der Waals surface area (Å²) in [4.78, 5) is 2.59. The van der Waals surface area contributed by atoms with Gasteiger partial charge in [-0.3, -0.25) is 0 Å². The van der Waals surface area contributed by atoms with E-state index in [4.69, 9.17) is 0 Å². The lowest BCUT2D eigenvalue weighted by atomic mass is 10.1. The fourth-order valence-electron chi connectivity index (χ4n) is 2.66. The quantitative estimate of drug-likeness (QED) is 0.797. The van der Waals surface area contributed by atoms with Crippen molar-refractivity contribution in [3.8, 4) is 0 Å². The highest BCUT2D eigenvalue weighted by atomic mass is 79.9. The van der Waals surface area contributed by atoms with Crippen LogP contribution in [-0.2, 0) is 6.54 Å². The lowest BCUT2D eigenvalue weighted by molar-refractivity contribution is 0.632. The zero-order chi connectivity index (χ0) is 14.1. The Kier molecular flexibility index (Phi) is 4.37. The smallest absolute Gasteiger partial charge is 0.0425 e. The number of benzene rings is 1. The molecule has 2 aliphatic rings. The second-order valence-corrected chi connectivity index (χ2v) is 7.53. The van der Waals surface area contributed by atoms with E-state index in [1.807, 2.05) is 0 Å². The predicted molar refractivity (Wildman–Crippen MR) is 89.2 cm³/mol. The summed E-state index contributed by atoms with van der Waals surface area (Å²) >= 11 is 3.64. The monoisotopic (exact) mass is 336 g/mol. The van der Waals surface area contributed by atoms with Gasteiger partial charge in [0, 0.05) is 35.3 Å². The maximum Gasteiger partial charge on any atom is 0.0425 e. The molecule has 3 rings (SSSR count). The standard InChI is InChI=1S/C17H25BrN2/c1-12(2)20(11-13-3-4-13)17-9-15(18)6-5-14(17)10-19-16-7-8-16/h5-6,9,12-13,16,19H,3-4,7-8,10-11H2,1-2H3. The van der Waals surface area contributed by atoms with Crippen LogP contribution in [0.3, 0.4) is 0 Å². The summed E-state index contributed by atoms with van der Waals surface area (Å²) in [5, 5.41) is 3.65. The number of anilines is 1. The molecule has 0 aliphatic heterocycles. The summed E-state index contributed by atoms with van der Waals surface area (Å²) in [6, 6.07) is 8.07. The van der Waals surface area contributed by atoms with Crippen LogP contribution in [0.2, 0.25) is 0 Å². The highest BCUT2D eigenvalue weighted by Gasteiger charge is 2.27. The number of hydrogen-bond donors (Lipinski definition) is 1. The molecule has 1 aromatic rings. The minimum Gasteiger partial charge on any atom is -0.369 e. The van der Waals surface area contributed by atoms with E-state index in [1.54, 1.807) is 0 Å². The van der Waals surface area contributed by atoms with E-state index < -0.39 is 0 Å². The summed E-state index contributed by atoms with van der Waals surface area (Å²) in [7, 11) is 0. The molecule has 1 aromatic carbocycles. The average molecular weight is 337 g/mol. The third-order valence-electron chi connectivity index (χ3n) is 4.29. The van der Waals surface area contributed by atoms with Crippen LogP contribution in [0, 0.1) is 5.92 Å². The van der Waals surface area contributed by atoms with Crippen molar-refractivity contribution in [2.24, 2.45) is 5.92 Å². The number of rotatable bonds is 7. The van der Waals surface area contributed by atoms with Crippen LogP contribution in [0.25, 0.3) is 0 Å². The van der Waals surface area contributed by atoms with Gasteiger partial charge < -0.3 is 10.2 Å². The third-order valence-corrected chi connectivity index (χ3v) is 4.78. The molecule has 2 nitrogen and oxygen atoms in total. The molecule has 2 aliphatic carbocycles. The zero-order valence-electron chi connectivity index (χ0n) is 12.5. The predicted octanol–water partition coefficient (Wildman–Crippen LogP) is 4.33. The normalized spacial score (nSPS) is 18.6. The van der Waals surface area contributed by atoms with E-state index >= 15 is 0 Å². The summed E-state index contributed by atoms with van der Waals surface area (Å²) in [5.41, 5.74) is 2.85. The molecule has 20 heavy (non-hydrogen) atoms. The van der Waals surface area contributed by atoms with E-state index in [9.17, 15) is 0 Å². The highest BCUT2D eigenvalue weighted by Crippen LogP contribution is 2.34. The fraction of sp³-hybridized carbons (Fsp3) is 0.647. The summed E-state index contributed by atoms with van der Waals surface area (Å²) in [5.74, 6) is 0.917. The molecule has 0 amide bonds. The van der Waals surface area contributed by atoms with Gasteiger partial charge in [0.25, 0.3) is 0 Å². The molecule has 0 unspecified atom stereocenters. The van der Waals surface area contributed by atoms with Gasteiger partial charge >= 0.3 is 0 Å². The Hall–Kier alpha value is -0.540. The number of nitrogens with one attached hydrogen (secondary N) is 1. The first-order valence-corrected chi connectivity index (χ1v) is 8.71. The van der Waals surface area contributed by atoms with Gasteiger partial charge in [0.05, 0.1) is 0 Å². The van der Waals surface area contributed by atoms with Gasteiger partial charge in [-0.2, -0.15) is 0 Å². The van der Waals surface area contributed by atoms with E-state index in [2.05, 4.69) is 58.2 Å². The summed E-state index contributed by atoms with van der Waals surface area (Å²) in [6.45, 7) is 6.83. The Labute approximate surface area is 131 Å². The second-order valence-electron chi connectivity index (χ2n) is 6.62. The van der Waals surface area contributed by atoms with Crippen molar-refractivity contribution in [2.75, 3.05) is 11.4 Å². The molecule has 2 fully saturated rings. The highest BCUT2D eigenvalue weighted by molar-refractivity contribution is 9.10. The van der Waals surface area contributed by atoms with Crippen molar-refractivity contribution in [2.45, 2.75) is 58.2 Å². The number of halogens is 1. The molecule has 110 valence electrons. The van der Waals surface area contributed by atoms with Crippen LogP contribution in [0.4, 0.5) is 5.69 Å². The van der Waals surface area contributed by atoms with Crippen LogP contribution in [0.1, 0.15) is 45.1 Å². The number of hydrogen-bond acceptors (Lipinski definition) is 2. The molecule has 0 bridgehead atoms. The van der Waals surface area contributed by atoms with Crippen molar-refractivity contribution >= 4 is 21.6 Å². The molecule has 3 heteroatoms. The molecule has 0 spiro atoms. The van der Waals surface area contributed by atoms with Crippen LogP contribution < -0.4 is 10.2 Å². The van der Waals surface area contributed by atoms with Gasteiger partial charge in [0.15, 0.2) is 0 Å². The minimum atomic E-state index is 0.560. The SMILES string of the molecule is CC(C)N(CC1CC1)c1cc(Br)ccc1CNC1CC1. The van der Waals surface area contributed by atoms with Crippen molar-refractivity contribution in [3.05, 3.63) is 28.2 Å². The van der Waals surface area contributed by atoms with Crippen molar-refractivity contribution in [3.63, 3.8) is 0 Å². The topological polar surface area (TPSA) is 15.3 Å². The maximum absolute atomic E-state index is 3.65. The molecule has 0 radical (unpaired) electrons. The molecule has 0 aromatic heterocycles. The summed E-state index contributed by atoms with van der Waals surface area (Å²) in [6.07, 6.45) is 5.52. The van der Waals surface area contributed by atoms with Gasteiger partial charge in [-0.05, 0) is 63.1 Å². The van der Waals surface area contributed by atoms with Gasteiger partial charge in [0.2, 0.25) is 0 Å². The lowest BCUT2D eigenvalue weighted by Gasteiger charge is -2.31. The molecule has 1 N–H and O–H groups in total. The number of nitrogens with zero attached hydrogens (tertiary/aromatic N) is 1. The largest absolute Gasteiger partial charge is 0.369 e. The Morgan fingerprint density at radius 1 is 1.25 bits per heavy atom. The van der Waals surface area contributed by atoms with Crippen LogP contribution >= 0.6 is 15.9 Å². The van der Waals surface area contributed by atoms with Crippen molar-refractivity contribution < 1.29 is 0 Å².